The van der Waals surface area contributed by atoms with Gasteiger partial charge in [-0.3, -0.25) is 0 Å². The highest BCUT2D eigenvalue weighted by atomic mass is 19.4. The first-order valence-electron chi connectivity index (χ1n) is 5.62. The van der Waals surface area contributed by atoms with Gasteiger partial charge in [-0.15, -0.1) is 0 Å². The lowest BCUT2D eigenvalue weighted by Gasteiger charge is -2.33. The minimum atomic E-state index is -4.46. The molecule has 0 rings (SSSR count). The Kier molecular flexibility index (Phi) is 7.76. The zero-order chi connectivity index (χ0) is 15.1. The van der Waals surface area contributed by atoms with Crippen LogP contribution < -0.4 is 10.0 Å². The molecular formula is C9H13BF6O3-2. The molecule has 0 radical (unpaired) electrons. The molecule has 0 N–H and O–H groups in total. The molecule has 0 aliphatic carbocycles. The summed E-state index contributed by atoms with van der Waals surface area (Å²) in [6.45, 7) is 0. The first kappa shape index (κ1) is 18.5. The second-order valence-electron chi connectivity index (χ2n) is 4.00. The van der Waals surface area contributed by atoms with Crippen molar-refractivity contribution in [3.8, 4) is 0 Å². The standard InChI is InChI=1S/C9H13BF6O3/c11-7(9(15,16)19-10(17)18)5-3-1-2-4-6-8(12,13)14/h7H,1-6H2/q-2. The van der Waals surface area contributed by atoms with Gasteiger partial charge in [-0.05, 0) is 12.8 Å². The predicted octanol–water partition coefficient (Wildman–Crippen LogP) is 1.54. The van der Waals surface area contributed by atoms with Crippen molar-refractivity contribution in [3.05, 3.63) is 0 Å². The lowest BCUT2D eigenvalue weighted by atomic mass is 10.1. The second kappa shape index (κ2) is 7.96. The molecule has 1 atom stereocenters. The van der Waals surface area contributed by atoms with Crippen molar-refractivity contribution >= 4 is 7.32 Å². The third kappa shape index (κ3) is 10.0. The van der Waals surface area contributed by atoms with Crippen LogP contribution in [0.1, 0.15) is 38.5 Å². The Bertz CT molecular complexity index is 249. The lowest BCUT2D eigenvalue weighted by molar-refractivity contribution is -0.411. The van der Waals surface area contributed by atoms with E-state index >= 15 is 0 Å². The normalized spacial score (nSPS) is 14.5. The molecule has 3 nitrogen and oxygen atoms in total. The van der Waals surface area contributed by atoms with Crippen molar-refractivity contribution < 1.29 is 41.0 Å². The molecule has 0 bridgehead atoms. The average Bonchev–Trinajstić information content (AvgIpc) is 2.19. The van der Waals surface area contributed by atoms with Crippen LogP contribution in [0.5, 0.6) is 0 Å². The molecule has 0 saturated heterocycles. The third-order valence-corrected chi connectivity index (χ3v) is 2.29. The molecule has 0 aliphatic rings. The van der Waals surface area contributed by atoms with E-state index in [4.69, 9.17) is 0 Å². The van der Waals surface area contributed by atoms with Gasteiger partial charge in [0.05, 0.1) is 7.32 Å². The molecule has 0 fully saturated rings. The first-order chi connectivity index (χ1) is 8.54. The van der Waals surface area contributed by atoms with E-state index in [2.05, 4.69) is 4.65 Å². The maximum absolute atomic E-state index is 12.9. The van der Waals surface area contributed by atoms with Gasteiger partial charge < -0.3 is 14.7 Å². The van der Waals surface area contributed by atoms with Crippen LogP contribution in [0.3, 0.4) is 0 Å². The second-order valence-corrected chi connectivity index (χ2v) is 4.00. The van der Waals surface area contributed by atoms with Crippen molar-refractivity contribution in [1.29, 1.82) is 0 Å². The van der Waals surface area contributed by atoms with E-state index < -0.39 is 38.6 Å². The van der Waals surface area contributed by atoms with Crippen LogP contribution in [0.25, 0.3) is 0 Å². The largest absolute Gasteiger partial charge is 0.870 e. The smallest absolute Gasteiger partial charge is 0.389 e. The number of rotatable bonds is 9. The highest BCUT2D eigenvalue weighted by molar-refractivity contribution is 6.28. The Morgan fingerprint density at radius 3 is 1.95 bits per heavy atom. The van der Waals surface area contributed by atoms with Crippen LogP contribution in [-0.2, 0) is 4.65 Å². The quantitative estimate of drug-likeness (QED) is 0.368. The Hall–Kier alpha value is -0.475. The molecule has 0 aromatic heterocycles. The molecule has 0 aromatic rings. The van der Waals surface area contributed by atoms with E-state index in [1.807, 2.05) is 0 Å². The fourth-order valence-electron chi connectivity index (χ4n) is 1.37. The van der Waals surface area contributed by atoms with Crippen molar-refractivity contribution in [1.82, 2.24) is 0 Å². The molecule has 0 heterocycles. The van der Waals surface area contributed by atoms with E-state index in [9.17, 15) is 36.4 Å². The van der Waals surface area contributed by atoms with Gasteiger partial charge in [0.25, 0.3) is 0 Å². The zero-order valence-corrected chi connectivity index (χ0v) is 9.89. The van der Waals surface area contributed by atoms with Gasteiger partial charge in [-0.1, -0.05) is 19.3 Å². The Morgan fingerprint density at radius 2 is 1.47 bits per heavy atom. The number of halogens is 6. The maximum atomic E-state index is 12.9. The monoisotopic (exact) mass is 294 g/mol. The van der Waals surface area contributed by atoms with Gasteiger partial charge >= 0.3 is 12.3 Å². The highest BCUT2D eigenvalue weighted by Gasteiger charge is 2.39. The van der Waals surface area contributed by atoms with Gasteiger partial charge in [0, 0.05) is 6.42 Å². The number of unbranched alkanes of at least 4 members (excludes halogenated alkanes) is 3. The van der Waals surface area contributed by atoms with Gasteiger partial charge in [0.15, 0.2) is 6.17 Å². The van der Waals surface area contributed by atoms with E-state index in [1.165, 1.54) is 0 Å². The molecule has 0 amide bonds. The van der Waals surface area contributed by atoms with Gasteiger partial charge in [0.2, 0.25) is 0 Å². The summed E-state index contributed by atoms with van der Waals surface area (Å²) in [5, 5.41) is 19.7. The predicted molar refractivity (Wildman–Crippen MR) is 50.4 cm³/mol. The topological polar surface area (TPSA) is 55.3 Å². The minimum Gasteiger partial charge on any atom is -0.870 e. The van der Waals surface area contributed by atoms with E-state index in [1.54, 1.807) is 0 Å². The SMILES string of the molecule is [O-]B([O-])OC(F)(F)C(F)CCCCCCC(F)(F)F. The molecule has 19 heavy (non-hydrogen) atoms. The lowest BCUT2D eigenvalue weighted by Crippen LogP contribution is -2.54. The van der Waals surface area contributed by atoms with Gasteiger partial charge in [-0.2, -0.15) is 22.0 Å². The summed E-state index contributed by atoms with van der Waals surface area (Å²) in [6.07, 6.45) is -13.2. The van der Waals surface area contributed by atoms with Gasteiger partial charge in [0.1, 0.15) is 0 Å². The summed E-state index contributed by atoms with van der Waals surface area (Å²) in [5.74, 6) is 0. The van der Waals surface area contributed by atoms with E-state index in [-0.39, 0.29) is 25.7 Å². The van der Waals surface area contributed by atoms with Crippen LogP contribution in [0.2, 0.25) is 0 Å². The number of hydrogen-bond acceptors (Lipinski definition) is 3. The Morgan fingerprint density at radius 1 is 0.947 bits per heavy atom. The minimum absolute atomic E-state index is 0.0830. The van der Waals surface area contributed by atoms with Gasteiger partial charge in [-0.25, -0.2) is 4.39 Å². The van der Waals surface area contributed by atoms with Crippen molar-refractivity contribution in [3.63, 3.8) is 0 Å². The van der Waals surface area contributed by atoms with E-state index in [0.717, 1.165) is 0 Å². The molecular weight excluding hydrogens is 281 g/mol. The van der Waals surface area contributed by atoms with E-state index in [0.29, 0.717) is 0 Å². The summed E-state index contributed by atoms with van der Waals surface area (Å²) in [7, 11) is -3.29. The van der Waals surface area contributed by atoms with Crippen molar-refractivity contribution in [2.75, 3.05) is 0 Å². The number of hydrogen-bond donors (Lipinski definition) is 0. The molecule has 0 aliphatic heterocycles. The van der Waals surface area contributed by atoms with Crippen LogP contribution in [-0.4, -0.2) is 25.8 Å². The summed E-state index contributed by atoms with van der Waals surface area (Å²) in [6, 6.07) is 0. The molecule has 114 valence electrons. The fourth-order valence-corrected chi connectivity index (χ4v) is 1.37. The van der Waals surface area contributed by atoms with Crippen LogP contribution >= 0.6 is 0 Å². The highest BCUT2D eigenvalue weighted by Crippen LogP contribution is 2.27. The van der Waals surface area contributed by atoms with Crippen molar-refractivity contribution in [2.24, 2.45) is 0 Å². The average molecular weight is 294 g/mol. The molecule has 0 saturated carbocycles. The zero-order valence-electron chi connectivity index (χ0n) is 9.89. The Labute approximate surface area is 106 Å². The Balaban J connectivity index is 3.71. The van der Waals surface area contributed by atoms with Crippen molar-refractivity contribution in [2.45, 2.75) is 57.0 Å². The summed E-state index contributed by atoms with van der Waals surface area (Å²) in [5.41, 5.74) is 0. The molecule has 0 spiro atoms. The summed E-state index contributed by atoms with van der Waals surface area (Å²) >= 11 is 0. The first-order valence-corrected chi connectivity index (χ1v) is 5.62. The molecule has 10 heteroatoms. The van der Waals surface area contributed by atoms with Crippen LogP contribution in [0.15, 0.2) is 0 Å². The molecule has 0 aromatic carbocycles. The van der Waals surface area contributed by atoms with Crippen LogP contribution in [0.4, 0.5) is 26.3 Å². The fraction of sp³-hybridized carbons (Fsp3) is 1.00. The number of alkyl halides is 6. The summed E-state index contributed by atoms with van der Waals surface area (Å²) < 4.78 is 76.5. The molecule has 1 unspecified atom stereocenters. The third-order valence-electron chi connectivity index (χ3n) is 2.29. The summed E-state index contributed by atoms with van der Waals surface area (Å²) in [4.78, 5) is 0. The maximum Gasteiger partial charge on any atom is 0.389 e. The van der Waals surface area contributed by atoms with Crippen LogP contribution in [0, 0.1) is 0 Å².